The van der Waals surface area contributed by atoms with Crippen LogP contribution in [-0.2, 0) is 6.54 Å². The lowest BCUT2D eigenvalue weighted by Crippen LogP contribution is -2.18. The summed E-state index contributed by atoms with van der Waals surface area (Å²) in [6.45, 7) is 5.15. The summed E-state index contributed by atoms with van der Waals surface area (Å²) in [7, 11) is 0. The fourth-order valence-electron chi connectivity index (χ4n) is 1.73. The number of aryl methyl sites for hydroxylation is 1. The number of nitrogens with zero attached hydrogens (tertiary/aromatic N) is 1. The molecule has 0 saturated carbocycles. The first-order chi connectivity index (χ1) is 8.25. The average Bonchev–Trinajstić information content (AvgIpc) is 2.39. The van der Waals surface area contributed by atoms with E-state index in [2.05, 4.69) is 54.5 Å². The van der Waals surface area contributed by atoms with E-state index in [-0.39, 0.29) is 0 Å². The topological polar surface area (TPSA) is 24.9 Å². The Morgan fingerprint density at radius 3 is 2.59 bits per heavy atom. The third-order valence-corrected chi connectivity index (χ3v) is 2.92. The molecule has 2 nitrogen and oxygen atoms in total. The van der Waals surface area contributed by atoms with Crippen LogP contribution in [0, 0.1) is 6.92 Å². The van der Waals surface area contributed by atoms with E-state index in [0.717, 1.165) is 6.54 Å². The van der Waals surface area contributed by atoms with Gasteiger partial charge in [-0.25, -0.2) is 0 Å². The molecule has 0 bridgehead atoms. The standard InChI is InChI=1S/C15H18N2/c1-12-5-7-14(8-6-12)10-17-13(2)15-4-3-9-16-11-15/h3-9,11,13,17H,10H2,1-2H3/t13-/m0/s1. The van der Waals surface area contributed by atoms with E-state index in [1.807, 2.05) is 12.3 Å². The van der Waals surface area contributed by atoms with E-state index in [4.69, 9.17) is 0 Å². The molecular weight excluding hydrogens is 208 g/mol. The van der Waals surface area contributed by atoms with Gasteiger partial charge in [-0.1, -0.05) is 35.9 Å². The second kappa shape index (κ2) is 5.60. The molecule has 0 aliphatic heterocycles. The van der Waals surface area contributed by atoms with E-state index >= 15 is 0 Å². The Morgan fingerprint density at radius 2 is 1.94 bits per heavy atom. The molecule has 0 unspecified atom stereocenters. The summed E-state index contributed by atoms with van der Waals surface area (Å²) in [4.78, 5) is 4.13. The lowest BCUT2D eigenvalue weighted by molar-refractivity contribution is 0.573. The highest BCUT2D eigenvalue weighted by molar-refractivity contribution is 5.21. The Morgan fingerprint density at radius 1 is 1.18 bits per heavy atom. The summed E-state index contributed by atoms with van der Waals surface area (Å²) in [5, 5.41) is 3.49. The number of nitrogens with one attached hydrogen (secondary N) is 1. The SMILES string of the molecule is Cc1ccc(CN[C@@H](C)c2cccnc2)cc1. The Labute approximate surface area is 103 Å². The van der Waals surface area contributed by atoms with Gasteiger partial charge in [-0.2, -0.15) is 0 Å². The normalized spacial score (nSPS) is 12.4. The maximum Gasteiger partial charge on any atom is 0.0315 e. The zero-order chi connectivity index (χ0) is 12.1. The number of rotatable bonds is 4. The predicted molar refractivity (Wildman–Crippen MR) is 70.7 cm³/mol. The average molecular weight is 226 g/mol. The van der Waals surface area contributed by atoms with Gasteiger partial charge in [0.25, 0.3) is 0 Å². The number of pyridine rings is 1. The van der Waals surface area contributed by atoms with Crippen molar-refractivity contribution in [2.45, 2.75) is 26.4 Å². The Hall–Kier alpha value is -1.67. The first kappa shape index (κ1) is 11.8. The van der Waals surface area contributed by atoms with Crippen molar-refractivity contribution < 1.29 is 0 Å². The number of hydrogen-bond acceptors (Lipinski definition) is 2. The minimum absolute atomic E-state index is 0.324. The summed E-state index contributed by atoms with van der Waals surface area (Å²) in [6.07, 6.45) is 3.71. The monoisotopic (exact) mass is 226 g/mol. The molecule has 2 rings (SSSR count). The van der Waals surface area contributed by atoms with Crippen LogP contribution in [0.25, 0.3) is 0 Å². The first-order valence-corrected chi connectivity index (χ1v) is 5.94. The molecule has 1 atom stereocenters. The molecule has 1 aromatic carbocycles. The zero-order valence-electron chi connectivity index (χ0n) is 10.4. The van der Waals surface area contributed by atoms with Gasteiger partial charge in [0.2, 0.25) is 0 Å². The van der Waals surface area contributed by atoms with Crippen LogP contribution in [0.3, 0.4) is 0 Å². The van der Waals surface area contributed by atoms with Crippen molar-refractivity contribution >= 4 is 0 Å². The molecule has 0 radical (unpaired) electrons. The number of benzene rings is 1. The summed E-state index contributed by atoms with van der Waals surface area (Å²) >= 11 is 0. The fourth-order valence-corrected chi connectivity index (χ4v) is 1.73. The summed E-state index contributed by atoms with van der Waals surface area (Å²) in [5.41, 5.74) is 3.83. The summed E-state index contributed by atoms with van der Waals surface area (Å²) in [5.74, 6) is 0. The summed E-state index contributed by atoms with van der Waals surface area (Å²) < 4.78 is 0. The van der Waals surface area contributed by atoms with Crippen molar-refractivity contribution in [2.24, 2.45) is 0 Å². The molecule has 1 heterocycles. The van der Waals surface area contributed by atoms with Gasteiger partial charge in [0.05, 0.1) is 0 Å². The van der Waals surface area contributed by atoms with Crippen molar-refractivity contribution in [3.63, 3.8) is 0 Å². The highest BCUT2D eigenvalue weighted by atomic mass is 14.9. The van der Waals surface area contributed by atoms with Crippen LogP contribution < -0.4 is 5.32 Å². The lowest BCUT2D eigenvalue weighted by atomic mass is 10.1. The van der Waals surface area contributed by atoms with E-state index in [1.54, 1.807) is 6.20 Å². The molecule has 0 aliphatic carbocycles. The van der Waals surface area contributed by atoms with Crippen molar-refractivity contribution in [3.8, 4) is 0 Å². The minimum Gasteiger partial charge on any atom is -0.306 e. The van der Waals surface area contributed by atoms with Crippen LogP contribution in [-0.4, -0.2) is 4.98 Å². The van der Waals surface area contributed by atoms with Crippen LogP contribution >= 0.6 is 0 Å². The van der Waals surface area contributed by atoms with Crippen molar-refractivity contribution in [1.29, 1.82) is 0 Å². The predicted octanol–water partition coefficient (Wildman–Crippen LogP) is 3.24. The van der Waals surface area contributed by atoms with Gasteiger partial charge in [0.15, 0.2) is 0 Å². The molecule has 1 aromatic heterocycles. The van der Waals surface area contributed by atoms with Crippen LogP contribution in [0.1, 0.15) is 29.7 Å². The highest BCUT2D eigenvalue weighted by Gasteiger charge is 2.03. The van der Waals surface area contributed by atoms with E-state index in [0.29, 0.717) is 6.04 Å². The lowest BCUT2D eigenvalue weighted by Gasteiger charge is -2.13. The molecule has 0 fully saturated rings. The summed E-state index contributed by atoms with van der Waals surface area (Å²) in [6, 6.07) is 13.0. The third kappa shape index (κ3) is 3.40. The first-order valence-electron chi connectivity index (χ1n) is 5.94. The van der Waals surface area contributed by atoms with Crippen LogP contribution in [0.5, 0.6) is 0 Å². The van der Waals surface area contributed by atoms with Crippen LogP contribution in [0.4, 0.5) is 0 Å². The molecule has 17 heavy (non-hydrogen) atoms. The van der Waals surface area contributed by atoms with E-state index in [9.17, 15) is 0 Å². The number of aromatic nitrogens is 1. The van der Waals surface area contributed by atoms with Crippen molar-refractivity contribution in [3.05, 3.63) is 65.5 Å². The Kier molecular flexibility index (Phi) is 3.89. The third-order valence-electron chi connectivity index (χ3n) is 2.92. The molecule has 0 aliphatic rings. The van der Waals surface area contributed by atoms with Gasteiger partial charge in [-0.3, -0.25) is 4.98 Å². The van der Waals surface area contributed by atoms with Gasteiger partial charge >= 0.3 is 0 Å². The van der Waals surface area contributed by atoms with Crippen molar-refractivity contribution in [1.82, 2.24) is 10.3 Å². The van der Waals surface area contributed by atoms with Gasteiger partial charge in [0, 0.05) is 25.0 Å². The largest absolute Gasteiger partial charge is 0.306 e. The maximum absolute atomic E-state index is 4.13. The van der Waals surface area contributed by atoms with Gasteiger partial charge in [-0.15, -0.1) is 0 Å². The Bertz CT molecular complexity index is 448. The van der Waals surface area contributed by atoms with Crippen LogP contribution in [0.2, 0.25) is 0 Å². The smallest absolute Gasteiger partial charge is 0.0315 e. The zero-order valence-corrected chi connectivity index (χ0v) is 10.4. The maximum atomic E-state index is 4.13. The molecule has 0 saturated heterocycles. The van der Waals surface area contributed by atoms with E-state index in [1.165, 1.54) is 16.7 Å². The molecule has 1 N–H and O–H groups in total. The van der Waals surface area contributed by atoms with E-state index < -0.39 is 0 Å². The molecule has 0 amide bonds. The number of hydrogen-bond donors (Lipinski definition) is 1. The highest BCUT2D eigenvalue weighted by Crippen LogP contribution is 2.11. The molecule has 2 aromatic rings. The molecule has 2 heteroatoms. The van der Waals surface area contributed by atoms with Gasteiger partial charge < -0.3 is 5.32 Å². The minimum atomic E-state index is 0.324. The fraction of sp³-hybridized carbons (Fsp3) is 0.267. The van der Waals surface area contributed by atoms with Gasteiger partial charge in [0.1, 0.15) is 0 Å². The Balaban J connectivity index is 1.92. The van der Waals surface area contributed by atoms with Crippen LogP contribution in [0.15, 0.2) is 48.8 Å². The molecular formula is C15H18N2. The quantitative estimate of drug-likeness (QED) is 0.865. The molecule has 88 valence electrons. The second-order valence-corrected chi connectivity index (χ2v) is 4.37. The molecule has 0 spiro atoms. The van der Waals surface area contributed by atoms with Crippen molar-refractivity contribution in [2.75, 3.05) is 0 Å². The van der Waals surface area contributed by atoms with Gasteiger partial charge in [-0.05, 0) is 31.0 Å². The second-order valence-electron chi connectivity index (χ2n) is 4.37.